The molecule has 21 heavy (non-hydrogen) atoms. The topological polar surface area (TPSA) is 43.3 Å². The van der Waals surface area contributed by atoms with Crippen molar-refractivity contribution in [1.29, 1.82) is 0 Å². The summed E-state index contributed by atoms with van der Waals surface area (Å²) in [5.41, 5.74) is 11.7. The minimum absolute atomic E-state index is 0.685. The van der Waals surface area contributed by atoms with Crippen molar-refractivity contribution < 1.29 is 0 Å². The van der Waals surface area contributed by atoms with Crippen LogP contribution in [0.3, 0.4) is 0 Å². The number of aryl methyl sites for hydroxylation is 1. The average Bonchev–Trinajstić information content (AvgIpc) is 3.28. The van der Waals surface area contributed by atoms with Gasteiger partial charge in [0.05, 0.1) is 0 Å². The summed E-state index contributed by atoms with van der Waals surface area (Å²) in [5.74, 6) is 1.46. The Hall–Kier alpha value is -1.81. The molecule has 1 fully saturated rings. The van der Waals surface area contributed by atoms with Crippen molar-refractivity contribution in [2.75, 3.05) is 5.73 Å². The van der Waals surface area contributed by atoms with Crippen LogP contribution in [0.4, 0.5) is 5.82 Å². The van der Waals surface area contributed by atoms with Crippen molar-refractivity contribution in [3.63, 3.8) is 0 Å². The fourth-order valence-corrected chi connectivity index (χ4v) is 3.04. The van der Waals surface area contributed by atoms with E-state index in [1.165, 1.54) is 18.4 Å². The van der Waals surface area contributed by atoms with Crippen LogP contribution in [-0.4, -0.2) is 9.38 Å². The van der Waals surface area contributed by atoms with Gasteiger partial charge in [-0.2, -0.15) is 0 Å². The van der Waals surface area contributed by atoms with E-state index in [1.807, 2.05) is 16.7 Å². The van der Waals surface area contributed by atoms with Crippen molar-refractivity contribution in [3.8, 4) is 11.3 Å². The normalized spacial score (nSPS) is 14.8. The van der Waals surface area contributed by atoms with Crippen LogP contribution < -0.4 is 5.73 Å². The van der Waals surface area contributed by atoms with Crippen LogP contribution in [0.15, 0.2) is 41.0 Å². The largest absolute Gasteiger partial charge is 0.383 e. The van der Waals surface area contributed by atoms with E-state index in [4.69, 9.17) is 10.7 Å². The number of hydrogen-bond donors (Lipinski definition) is 1. The number of pyridine rings is 1. The average molecular weight is 342 g/mol. The first-order valence-electron chi connectivity index (χ1n) is 7.17. The van der Waals surface area contributed by atoms with Gasteiger partial charge in [0, 0.05) is 16.2 Å². The molecule has 0 unspecified atom stereocenters. The van der Waals surface area contributed by atoms with Crippen molar-refractivity contribution >= 4 is 27.4 Å². The number of benzene rings is 1. The van der Waals surface area contributed by atoms with Crippen LogP contribution >= 0.6 is 15.9 Å². The molecular formula is C17H16BrN3. The van der Waals surface area contributed by atoms with Gasteiger partial charge in [0.1, 0.15) is 17.2 Å². The van der Waals surface area contributed by atoms with E-state index < -0.39 is 0 Å². The Morgan fingerprint density at radius 2 is 1.95 bits per heavy atom. The quantitative estimate of drug-likeness (QED) is 0.743. The molecule has 0 radical (unpaired) electrons. The van der Waals surface area contributed by atoms with Crippen LogP contribution in [0.1, 0.15) is 29.9 Å². The van der Waals surface area contributed by atoms with E-state index in [1.54, 1.807) is 0 Å². The summed E-state index contributed by atoms with van der Waals surface area (Å²) in [6.07, 6.45) is 4.63. The number of hydrogen-bond acceptors (Lipinski definition) is 2. The zero-order chi connectivity index (χ0) is 14.6. The minimum atomic E-state index is 0.685. The number of imidazole rings is 1. The molecule has 3 aromatic rings. The zero-order valence-electron chi connectivity index (χ0n) is 11.8. The number of nitrogens with two attached hydrogens (primary N) is 1. The maximum Gasteiger partial charge on any atom is 0.139 e. The van der Waals surface area contributed by atoms with Crippen LogP contribution in [0.2, 0.25) is 0 Å². The lowest BCUT2D eigenvalue weighted by molar-refractivity contribution is 1.13. The highest BCUT2D eigenvalue weighted by Crippen LogP contribution is 2.40. The molecule has 0 atom stereocenters. The Morgan fingerprint density at radius 3 is 2.62 bits per heavy atom. The minimum Gasteiger partial charge on any atom is -0.383 e. The molecule has 0 amide bonds. The lowest BCUT2D eigenvalue weighted by Crippen LogP contribution is -1.95. The summed E-state index contributed by atoms with van der Waals surface area (Å²) >= 11 is 3.54. The highest BCUT2D eigenvalue weighted by molar-refractivity contribution is 9.10. The number of rotatable bonds is 2. The lowest BCUT2D eigenvalue weighted by Gasteiger charge is -2.02. The van der Waals surface area contributed by atoms with Crippen molar-refractivity contribution in [3.05, 3.63) is 52.1 Å². The molecule has 1 aliphatic rings. The molecule has 2 N–H and O–H groups in total. The Kier molecular flexibility index (Phi) is 2.82. The molecule has 2 aromatic heterocycles. The van der Waals surface area contributed by atoms with E-state index in [0.717, 1.165) is 32.9 Å². The summed E-state index contributed by atoms with van der Waals surface area (Å²) in [7, 11) is 0. The fourth-order valence-electron chi connectivity index (χ4n) is 2.72. The van der Waals surface area contributed by atoms with Gasteiger partial charge in [0.15, 0.2) is 0 Å². The van der Waals surface area contributed by atoms with E-state index in [2.05, 4.69) is 47.1 Å². The van der Waals surface area contributed by atoms with Gasteiger partial charge in [-0.25, -0.2) is 4.98 Å². The third kappa shape index (κ3) is 2.14. The molecule has 1 saturated carbocycles. The van der Waals surface area contributed by atoms with E-state index >= 15 is 0 Å². The maximum atomic E-state index is 6.28. The first kappa shape index (κ1) is 12.9. The summed E-state index contributed by atoms with van der Waals surface area (Å²) in [6, 6.07) is 10.7. The van der Waals surface area contributed by atoms with Crippen molar-refractivity contribution in [2.24, 2.45) is 0 Å². The Labute approximate surface area is 131 Å². The first-order valence-corrected chi connectivity index (χ1v) is 7.97. The molecule has 1 aliphatic carbocycles. The number of halogens is 1. The smallest absolute Gasteiger partial charge is 0.139 e. The van der Waals surface area contributed by atoms with Crippen LogP contribution in [0.25, 0.3) is 16.9 Å². The molecule has 2 heterocycles. The molecular weight excluding hydrogens is 326 g/mol. The van der Waals surface area contributed by atoms with Crippen LogP contribution in [0, 0.1) is 6.92 Å². The second kappa shape index (κ2) is 4.60. The molecule has 1 aromatic carbocycles. The molecule has 3 nitrogen and oxygen atoms in total. The van der Waals surface area contributed by atoms with Gasteiger partial charge in [-0.3, -0.25) is 4.40 Å². The standard InChI is InChI=1S/C17H16BrN3/c1-10-8-15-20-16(17(19)21(15)9-14(10)18)13-6-4-12(5-7-13)11-2-3-11/h4-9,11H,2-3,19H2,1H3. The molecule has 0 spiro atoms. The summed E-state index contributed by atoms with van der Waals surface area (Å²) < 4.78 is 2.97. The zero-order valence-corrected chi connectivity index (χ0v) is 13.4. The predicted octanol–water partition coefficient (Wildman–Crippen LogP) is 4.53. The van der Waals surface area contributed by atoms with Gasteiger partial charge < -0.3 is 5.73 Å². The van der Waals surface area contributed by atoms with Crippen LogP contribution in [0.5, 0.6) is 0 Å². The predicted molar refractivity (Wildman–Crippen MR) is 89.5 cm³/mol. The van der Waals surface area contributed by atoms with Crippen LogP contribution in [-0.2, 0) is 0 Å². The molecule has 0 aliphatic heterocycles. The molecule has 4 heteroatoms. The van der Waals surface area contributed by atoms with Gasteiger partial charge in [0.2, 0.25) is 0 Å². The molecule has 106 valence electrons. The van der Waals surface area contributed by atoms with Gasteiger partial charge in [-0.1, -0.05) is 24.3 Å². The maximum absolute atomic E-state index is 6.28. The van der Waals surface area contributed by atoms with E-state index in [0.29, 0.717) is 5.82 Å². The monoisotopic (exact) mass is 341 g/mol. The molecule has 0 saturated heterocycles. The van der Waals surface area contributed by atoms with Crippen molar-refractivity contribution in [1.82, 2.24) is 9.38 Å². The second-order valence-corrected chi connectivity index (χ2v) is 6.63. The first-order chi connectivity index (χ1) is 10.1. The highest BCUT2D eigenvalue weighted by Gasteiger charge is 2.23. The summed E-state index contributed by atoms with van der Waals surface area (Å²) in [6.45, 7) is 2.05. The van der Waals surface area contributed by atoms with Gasteiger partial charge in [0.25, 0.3) is 0 Å². The van der Waals surface area contributed by atoms with Gasteiger partial charge in [-0.05, 0) is 58.8 Å². The lowest BCUT2D eigenvalue weighted by atomic mass is 10.1. The summed E-state index contributed by atoms with van der Waals surface area (Å²) in [4.78, 5) is 4.69. The number of aromatic nitrogens is 2. The Balaban J connectivity index is 1.83. The Morgan fingerprint density at radius 1 is 1.24 bits per heavy atom. The van der Waals surface area contributed by atoms with E-state index in [-0.39, 0.29) is 0 Å². The number of nitrogen functional groups attached to an aromatic ring is 1. The summed E-state index contributed by atoms with van der Waals surface area (Å²) in [5, 5.41) is 0. The van der Waals surface area contributed by atoms with Crippen molar-refractivity contribution in [2.45, 2.75) is 25.7 Å². The van der Waals surface area contributed by atoms with Gasteiger partial charge >= 0.3 is 0 Å². The van der Waals surface area contributed by atoms with Gasteiger partial charge in [-0.15, -0.1) is 0 Å². The molecule has 0 bridgehead atoms. The number of nitrogens with zero attached hydrogens (tertiary/aromatic N) is 2. The fraction of sp³-hybridized carbons (Fsp3) is 0.235. The molecule has 4 rings (SSSR count). The third-order valence-corrected chi connectivity index (χ3v) is 5.00. The Bertz CT molecular complexity index is 829. The van der Waals surface area contributed by atoms with E-state index in [9.17, 15) is 0 Å². The number of anilines is 1. The highest BCUT2D eigenvalue weighted by atomic mass is 79.9. The number of fused-ring (bicyclic) bond motifs is 1. The second-order valence-electron chi connectivity index (χ2n) is 5.77. The SMILES string of the molecule is Cc1cc2nc(-c3ccc(C4CC4)cc3)c(N)n2cc1Br. The third-order valence-electron chi connectivity index (χ3n) is 4.17.